The molecule has 52 heavy (non-hydrogen) atoms. The summed E-state index contributed by atoms with van der Waals surface area (Å²) in [6.45, 7) is 0. The van der Waals surface area contributed by atoms with Crippen LogP contribution in [-0.2, 0) is 5.41 Å². The largest absolute Gasteiger partial charge is 0.292 e. The Labute approximate surface area is 301 Å². The third-order valence-electron chi connectivity index (χ3n) is 11.1. The smallest absolute Gasteiger partial charge is 0.137 e. The van der Waals surface area contributed by atoms with Crippen molar-refractivity contribution >= 4 is 34.1 Å². The van der Waals surface area contributed by atoms with Crippen LogP contribution < -0.4 is 0 Å². The molecule has 1 spiro atoms. The van der Waals surface area contributed by atoms with Crippen molar-refractivity contribution in [3.8, 4) is 39.3 Å². The predicted octanol–water partition coefficient (Wildman–Crippen LogP) is 11.8. The van der Waals surface area contributed by atoms with Crippen molar-refractivity contribution in [3.05, 3.63) is 209 Å². The molecule has 0 radical (unpaired) electrons. The number of hydrogen-bond acceptors (Lipinski definition) is 2. The lowest BCUT2D eigenvalue weighted by atomic mass is 9.66. The zero-order valence-electron chi connectivity index (χ0n) is 28.2. The van der Waals surface area contributed by atoms with Gasteiger partial charge in [0, 0.05) is 17.1 Å². The molecule has 9 aromatic rings. The monoisotopic (exact) mass is 661 g/mol. The lowest BCUT2D eigenvalue weighted by Gasteiger charge is -2.35. The first-order valence-corrected chi connectivity index (χ1v) is 17.8. The van der Waals surface area contributed by atoms with Crippen LogP contribution in [0.4, 0.5) is 0 Å². The van der Waals surface area contributed by atoms with Crippen LogP contribution in [0.25, 0.3) is 73.4 Å². The van der Waals surface area contributed by atoms with E-state index in [2.05, 4.69) is 168 Å². The minimum absolute atomic E-state index is 0.432. The highest BCUT2D eigenvalue weighted by molar-refractivity contribution is 6.09. The lowest BCUT2D eigenvalue weighted by Crippen LogP contribution is -2.29. The van der Waals surface area contributed by atoms with E-state index < -0.39 is 5.41 Å². The number of benzene rings is 6. The fraction of sp³-hybridized carbons (Fsp3) is 0.0204. The number of aromatic nitrogens is 3. The second-order valence-electron chi connectivity index (χ2n) is 13.7. The first-order chi connectivity index (χ1) is 25.8. The average molecular weight is 662 g/mol. The van der Waals surface area contributed by atoms with E-state index in [0.717, 1.165) is 44.6 Å². The van der Waals surface area contributed by atoms with E-state index in [4.69, 9.17) is 9.97 Å². The normalized spacial score (nSPS) is 13.5. The number of hydrogen-bond donors (Lipinski definition) is 0. The molecular formula is C49H31N3. The van der Waals surface area contributed by atoms with Gasteiger partial charge in [-0.3, -0.25) is 4.57 Å². The Balaban J connectivity index is 1.15. The van der Waals surface area contributed by atoms with Gasteiger partial charge >= 0.3 is 0 Å². The standard InChI is InChI=1S/C49H31N3/c1-2-14-34(15-3-1)44-26-28-46-48(51-44)39-31-36(24-27-45(39)52(46)47-20-10-11-29-50-47)35-23-25-43-38(30-35)37-16-6-9-19-42(37)49(43)40-17-7-4-12-32(40)21-22-33-13-5-8-18-41(33)49/h1-31H. The van der Waals surface area contributed by atoms with Crippen molar-refractivity contribution in [1.29, 1.82) is 0 Å². The van der Waals surface area contributed by atoms with Crippen LogP contribution in [-0.4, -0.2) is 14.5 Å². The van der Waals surface area contributed by atoms with Crippen molar-refractivity contribution in [2.45, 2.75) is 5.41 Å². The Bertz CT molecular complexity index is 2850. The maximum absolute atomic E-state index is 5.30. The van der Waals surface area contributed by atoms with Gasteiger partial charge in [0.05, 0.1) is 27.7 Å². The van der Waals surface area contributed by atoms with Crippen LogP contribution in [0, 0.1) is 0 Å². The molecule has 0 fully saturated rings. The van der Waals surface area contributed by atoms with Crippen LogP contribution >= 0.6 is 0 Å². The summed E-state index contributed by atoms with van der Waals surface area (Å²) in [5.74, 6) is 0.877. The van der Waals surface area contributed by atoms with Gasteiger partial charge in [-0.25, -0.2) is 9.97 Å². The SMILES string of the molecule is C1=Cc2ccccc2C2(c3ccccc31)c1ccccc1-c1cc(-c3ccc4c(c3)c3nc(-c5ccccc5)ccc3n4-c3ccccn3)ccc12. The molecule has 0 bridgehead atoms. The minimum Gasteiger partial charge on any atom is -0.292 e. The van der Waals surface area contributed by atoms with Gasteiger partial charge in [0.2, 0.25) is 0 Å². The summed E-state index contributed by atoms with van der Waals surface area (Å²) in [7, 11) is 0. The molecule has 0 aliphatic heterocycles. The second kappa shape index (κ2) is 11.1. The van der Waals surface area contributed by atoms with E-state index in [9.17, 15) is 0 Å². The lowest BCUT2D eigenvalue weighted by molar-refractivity contribution is 0.766. The third-order valence-corrected chi connectivity index (χ3v) is 11.1. The van der Waals surface area contributed by atoms with Gasteiger partial charge in [-0.05, 0) is 98.1 Å². The quantitative estimate of drug-likeness (QED) is 0.189. The van der Waals surface area contributed by atoms with E-state index in [-0.39, 0.29) is 0 Å². The number of fused-ring (bicyclic) bond motifs is 12. The summed E-state index contributed by atoms with van der Waals surface area (Å²) in [5.41, 5.74) is 17.4. The first kappa shape index (κ1) is 28.9. The molecular weight excluding hydrogens is 631 g/mol. The van der Waals surface area contributed by atoms with Gasteiger partial charge in [0.1, 0.15) is 5.82 Å². The van der Waals surface area contributed by atoms with Gasteiger partial charge in [0.25, 0.3) is 0 Å². The number of nitrogens with zero attached hydrogens (tertiary/aromatic N) is 3. The van der Waals surface area contributed by atoms with Crippen LogP contribution in [0.5, 0.6) is 0 Å². The molecule has 0 unspecified atom stereocenters. The fourth-order valence-electron chi connectivity index (χ4n) is 8.90. The average Bonchev–Trinajstić information content (AvgIpc) is 3.64. The predicted molar refractivity (Wildman–Crippen MR) is 213 cm³/mol. The first-order valence-electron chi connectivity index (χ1n) is 17.8. The van der Waals surface area contributed by atoms with Gasteiger partial charge in [-0.2, -0.15) is 0 Å². The van der Waals surface area contributed by atoms with Crippen LogP contribution in [0.1, 0.15) is 33.4 Å². The second-order valence-corrected chi connectivity index (χ2v) is 13.7. The zero-order valence-corrected chi connectivity index (χ0v) is 28.2. The van der Waals surface area contributed by atoms with Crippen LogP contribution in [0.3, 0.4) is 0 Å². The molecule has 6 aromatic carbocycles. The highest BCUT2D eigenvalue weighted by atomic mass is 15.1. The molecule has 3 aromatic heterocycles. The Morgan fingerprint density at radius 1 is 0.442 bits per heavy atom. The third kappa shape index (κ3) is 4.02. The summed E-state index contributed by atoms with van der Waals surface area (Å²) >= 11 is 0. The molecule has 3 nitrogen and oxygen atoms in total. The van der Waals surface area contributed by atoms with Crippen LogP contribution in [0.15, 0.2) is 176 Å². The van der Waals surface area contributed by atoms with E-state index in [1.165, 1.54) is 50.1 Å². The summed E-state index contributed by atoms with van der Waals surface area (Å²) in [4.78, 5) is 10.1. The molecule has 0 atom stereocenters. The maximum atomic E-state index is 5.30. The Morgan fingerprint density at radius 3 is 1.85 bits per heavy atom. The van der Waals surface area contributed by atoms with E-state index in [0.29, 0.717) is 0 Å². The van der Waals surface area contributed by atoms with Gasteiger partial charge in [-0.15, -0.1) is 0 Å². The molecule has 0 amide bonds. The summed E-state index contributed by atoms with van der Waals surface area (Å²) < 4.78 is 2.23. The maximum Gasteiger partial charge on any atom is 0.137 e. The molecule has 0 N–H and O–H groups in total. The van der Waals surface area contributed by atoms with Crippen molar-refractivity contribution < 1.29 is 0 Å². The van der Waals surface area contributed by atoms with Gasteiger partial charge in [0.15, 0.2) is 0 Å². The van der Waals surface area contributed by atoms with Crippen molar-refractivity contribution in [2.24, 2.45) is 0 Å². The number of pyridine rings is 2. The Hall–Kier alpha value is -6.84. The Morgan fingerprint density at radius 2 is 1.08 bits per heavy atom. The molecule has 0 saturated carbocycles. The molecule has 3 heteroatoms. The summed E-state index contributed by atoms with van der Waals surface area (Å²) in [6, 6.07) is 61.5. The zero-order chi connectivity index (χ0) is 34.2. The Kier molecular flexibility index (Phi) is 6.17. The van der Waals surface area contributed by atoms with Crippen molar-refractivity contribution in [3.63, 3.8) is 0 Å². The van der Waals surface area contributed by atoms with Gasteiger partial charge in [-0.1, -0.05) is 140 Å². The molecule has 3 heterocycles. The van der Waals surface area contributed by atoms with E-state index in [1.54, 1.807) is 0 Å². The summed E-state index contributed by atoms with van der Waals surface area (Å²) in [5, 5.41) is 1.10. The molecule has 242 valence electrons. The molecule has 11 rings (SSSR count). The van der Waals surface area contributed by atoms with E-state index in [1.807, 2.05) is 24.4 Å². The molecule has 2 aliphatic rings. The van der Waals surface area contributed by atoms with Crippen molar-refractivity contribution in [2.75, 3.05) is 0 Å². The van der Waals surface area contributed by atoms with Crippen LogP contribution in [0.2, 0.25) is 0 Å². The minimum atomic E-state index is -0.432. The van der Waals surface area contributed by atoms with Gasteiger partial charge < -0.3 is 0 Å². The van der Waals surface area contributed by atoms with Crippen molar-refractivity contribution in [1.82, 2.24) is 14.5 Å². The van der Waals surface area contributed by atoms with E-state index >= 15 is 0 Å². The highest BCUT2D eigenvalue weighted by Gasteiger charge is 2.48. The molecule has 2 aliphatic carbocycles. The highest BCUT2D eigenvalue weighted by Crippen LogP contribution is 2.59. The molecule has 0 saturated heterocycles. The number of rotatable bonds is 3. The fourth-order valence-corrected chi connectivity index (χ4v) is 8.90. The summed E-state index contributed by atoms with van der Waals surface area (Å²) in [6.07, 6.45) is 6.42. The topological polar surface area (TPSA) is 30.7 Å².